The average Bonchev–Trinajstić information content (AvgIpc) is 2.31. The molecule has 0 bridgehead atoms. The minimum atomic E-state index is 0.699. The van der Waals surface area contributed by atoms with Gasteiger partial charge in [0.25, 0.3) is 0 Å². The summed E-state index contributed by atoms with van der Waals surface area (Å²) in [5.74, 6) is 0. The molecule has 2 aromatic rings. The van der Waals surface area contributed by atoms with Gasteiger partial charge in [0, 0.05) is 18.3 Å². The highest BCUT2D eigenvalue weighted by molar-refractivity contribution is 5.30. The summed E-state index contributed by atoms with van der Waals surface area (Å²) >= 11 is 0. The van der Waals surface area contributed by atoms with Gasteiger partial charge in [-0.3, -0.25) is 4.98 Å². The van der Waals surface area contributed by atoms with Crippen LogP contribution in [0.5, 0.6) is 0 Å². The fraction of sp³-hybridized carbons (Fsp3) is 0.0769. The first-order valence-corrected chi connectivity index (χ1v) is 4.93. The van der Waals surface area contributed by atoms with Gasteiger partial charge < -0.3 is 5.73 Å². The van der Waals surface area contributed by atoms with E-state index in [9.17, 15) is 0 Å². The maximum absolute atomic E-state index is 6.00. The number of aromatic nitrogens is 1. The molecule has 2 rings (SSSR count). The van der Waals surface area contributed by atoms with Crippen molar-refractivity contribution in [3.05, 3.63) is 72.0 Å². The third-order valence-electron chi connectivity index (χ3n) is 2.24. The molecule has 2 heteroatoms. The molecule has 1 radical (unpaired) electrons. The number of nitrogens with zero attached hydrogens (tertiary/aromatic N) is 1. The van der Waals surface area contributed by atoms with E-state index in [-0.39, 0.29) is 0 Å². The van der Waals surface area contributed by atoms with Gasteiger partial charge in [0.15, 0.2) is 0 Å². The molecular weight excluding hydrogens is 184 g/mol. The first kappa shape index (κ1) is 9.87. The lowest BCUT2D eigenvalue weighted by Gasteiger charge is -2.09. The van der Waals surface area contributed by atoms with E-state index < -0.39 is 0 Å². The number of nitrogens with two attached hydrogens (primary N) is 1. The van der Waals surface area contributed by atoms with Gasteiger partial charge >= 0.3 is 0 Å². The minimum absolute atomic E-state index is 0.699. The number of rotatable bonds is 3. The zero-order chi connectivity index (χ0) is 10.5. The van der Waals surface area contributed by atoms with E-state index in [2.05, 4.69) is 4.98 Å². The average molecular weight is 197 g/mol. The van der Waals surface area contributed by atoms with Crippen LogP contribution in [0.3, 0.4) is 0 Å². The molecular formula is C13H13N2. The van der Waals surface area contributed by atoms with E-state index in [0.29, 0.717) is 6.42 Å². The Morgan fingerprint density at radius 1 is 1.00 bits per heavy atom. The van der Waals surface area contributed by atoms with Gasteiger partial charge in [0.1, 0.15) is 0 Å². The van der Waals surface area contributed by atoms with E-state index in [0.717, 1.165) is 17.3 Å². The summed E-state index contributed by atoms with van der Waals surface area (Å²) in [6, 6.07) is 16.7. The van der Waals surface area contributed by atoms with Crippen molar-refractivity contribution in [3.63, 3.8) is 0 Å². The van der Waals surface area contributed by atoms with Crippen molar-refractivity contribution in [1.82, 2.24) is 4.98 Å². The van der Waals surface area contributed by atoms with Crippen LogP contribution in [0.2, 0.25) is 0 Å². The Morgan fingerprint density at radius 3 is 2.40 bits per heavy atom. The highest BCUT2D eigenvalue weighted by atomic mass is 14.7. The molecule has 0 aliphatic carbocycles. The molecule has 0 saturated heterocycles. The molecule has 0 atom stereocenters. The SMILES string of the molecule is N[C](Cc1ccccn1)c1ccccc1. The first-order chi connectivity index (χ1) is 7.36. The second-order valence-corrected chi connectivity index (χ2v) is 3.39. The number of hydrogen-bond acceptors (Lipinski definition) is 2. The Morgan fingerprint density at radius 2 is 1.73 bits per heavy atom. The normalized spacial score (nSPS) is 10.5. The van der Waals surface area contributed by atoms with Crippen LogP contribution in [-0.4, -0.2) is 4.98 Å². The summed E-state index contributed by atoms with van der Waals surface area (Å²) in [7, 11) is 0. The van der Waals surface area contributed by atoms with Gasteiger partial charge in [-0.25, -0.2) is 0 Å². The second-order valence-electron chi connectivity index (χ2n) is 3.39. The van der Waals surface area contributed by atoms with E-state index in [4.69, 9.17) is 5.73 Å². The molecule has 1 heterocycles. The third kappa shape index (κ3) is 2.64. The molecule has 2 N–H and O–H groups in total. The lowest BCUT2D eigenvalue weighted by molar-refractivity contribution is 0.917. The minimum Gasteiger partial charge on any atom is -0.319 e. The van der Waals surface area contributed by atoms with Gasteiger partial charge in [-0.2, -0.15) is 0 Å². The topological polar surface area (TPSA) is 38.9 Å². The summed E-state index contributed by atoms with van der Waals surface area (Å²) in [6.07, 6.45) is 2.48. The summed E-state index contributed by atoms with van der Waals surface area (Å²) in [5.41, 5.74) is 8.07. The molecule has 15 heavy (non-hydrogen) atoms. The molecule has 1 aromatic carbocycles. The van der Waals surface area contributed by atoms with Crippen LogP contribution in [0, 0.1) is 6.04 Å². The van der Waals surface area contributed by atoms with Crippen LogP contribution >= 0.6 is 0 Å². The molecule has 0 saturated carbocycles. The summed E-state index contributed by atoms with van der Waals surface area (Å²) in [5, 5.41) is 0. The van der Waals surface area contributed by atoms with E-state index in [1.165, 1.54) is 0 Å². The van der Waals surface area contributed by atoms with Gasteiger partial charge in [0.05, 0.1) is 6.04 Å². The van der Waals surface area contributed by atoms with Crippen molar-refractivity contribution in [1.29, 1.82) is 0 Å². The zero-order valence-corrected chi connectivity index (χ0v) is 8.43. The highest BCUT2D eigenvalue weighted by Crippen LogP contribution is 2.12. The fourth-order valence-corrected chi connectivity index (χ4v) is 1.45. The largest absolute Gasteiger partial charge is 0.319 e. The Kier molecular flexibility index (Phi) is 3.10. The van der Waals surface area contributed by atoms with Crippen LogP contribution in [0.25, 0.3) is 0 Å². The standard InChI is InChI=1S/C13H13N2/c14-13(11-6-2-1-3-7-11)10-12-8-4-5-9-15-12/h1-9H,10,14H2. The van der Waals surface area contributed by atoms with Crippen molar-refractivity contribution in [2.45, 2.75) is 6.42 Å². The smallest absolute Gasteiger partial charge is 0.0694 e. The highest BCUT2D eigenvalue weighted by Gasteiger charge is 2.07. The predicted molar refractivity (Wildman–Crippen MR) is 60.9 cm³/mol. The molecule has 0 amide bonds. The van der Waals surface area contributed by atoms with E-state index in [1.807, 2.05) is 48.5 Å². The number of pyridine rings is 1. The Bertz CT molecular complexity index is 397. The van der Waals surface area contributed by atoms with E-state index in [1.54, 1.807) is 6.20 Å². The number of hydrogen-bond donors (Lipinski definition) is 1. The maximum Gasteiger partial charge on any atom is 0.0694 e. The van der Waals surface area contributed by atoms with E-state index >= 15 is 0 Å². The lowest BCUT2D eigenvalue weighted by atomic mass is 10.0. The third-order valence-corrected chi connectivity index (χ3v) is 2.24. The summed E-state index contributed by atoms with van der Waals surface area (Å²) < 4.78 is 0. The van der Waals surface area contributed by atoms with Crippen LogP contribution in [0.4, 0.5) is 0 Å². The molecule has 2 nitrogen and oxygen atoms in total. The molecule has 75 valence electrons. The maximum atomic E-state index is 6.00. The van der Waals surface area contributed by atoms with Gasteiger partial charge in [0.2, 0.25) is 0 Å². The molecule has 0 aliphatic heterocycles. The number of benzene rings is 1. The Balaban J connectivity index is 2.08. The van der Waals surface area contributed by atoms with Crippen molar-refractivity contribution < 1.29 is 0 Å². The monoisotopic (exact) mass is 197 g/mol. The molecule has 0 fully saturated rings. The van der Waals surface area contributed by atoms with Gasteiger partial charge in [-0.05, 0) is 17.7 Å². The Labute approximate surface area is 89.8 Å². The summed E-state index contributed by atoms with van der Waals surface area (Å²) in [4.78, 5) is 4.24. The Hall–Kier alpha value is -1.67. The zero-order valence-electron chi connectivity index (χ0n) is 8.43. The predicted octanol–water partition coefficient (Wildman–Crippen LogP) is 2.16. The molecule has 0 spiro atoms. The van der Waals surface area contributed by atoms with Crippen molar-refractivity contribution in [3.8, 4) is 0 Å². The van der Waals surface area contributed by atoms with Crippen molar-refractivity contribution >= 4 is 0 Å². The van der Waals surface area contributed by atoms with Gasteiger partial charge in [-0.15, -0.1) is 0 Å². The fourth-order valence-electron chi connectivity index (χ4n) is 1.45. The lowest BCUT2D eigenvalue weighted by Crippen LogP contribution is -2.14. The molecule has 1 aromatic heterocycles. The first-order valence-electron chi connectivity index (χ1n) is 4.93. The second kappa shape index (κ2) is 4.71. The van der Waals surface area contributed by atoms with Gasteiger partial charge in [-0.1, -0.05) is 36.4 Å². The van der Waals surface area contributed by atoms with Crippen LogP contribution in [0.15, 0.2) is 54.7 Å². The van der Waals surface area contributed by atoms with Crippen molar-refractivity contribution in [2.24, 2.45) is 5.73 Å². The van der Waals surface area contributed by atoms with Crippen LogP contribution < -0.4 is 5.73 Å². The molecule has 0 unspecified atom stereocenters. The summed E-state index contributed by atoms with van der Waals surface area (Å²) in [6.45, 7) is 0. The quantitative estimate of drug-likeness (QED) is 0.819. The van der Waals surface area contributed by atoms with Crippen LogP contribution in [0.1, 0.15) is 11.3 Å². The van der Waals surface area contributed by atoms with Crippen molar-refractivity contribution in [2.75, 3.05) is 0 Å². The van der Waals surface area contributed by atoms with Crippen LogP contribution in [-0.2, 0) is 6.42 Å². The molecule has 0 aliphatic rings.